The highest BCUT2D eigenvalue weighted by molar-refractivity contribution is 6.00. The van der Waals surface area contributed by atoms with Gasteiger partial charge in [0.2, 0.25) is 0 Å². The number of aromatic nitrogens is 2. The summed E-state index contributed by atoms with van der Waals surface area (Å²) in [6.45, 7) is 5.63. The number of carbonyl (C=O) groups is 3. The van der Waals surface area contributed by atoms with E-state index >= 15 is 0 Å². The minimum atomic E-state index is -0.481. The van der Waals surface area contributed by atoms with Gasteiger partial charge in [0.15, 0.2) is 6.61 Å². The Balaban J connectivity index is 1.54. The lowest BCUT2D eigenvalue weighted by Gasteiger charge is -2.52. The molecule has 2 atom stereocenters. The van der Waals surface area contributed by atoms with Gasteiger partial charge in [-0.25, -0.2) is 4.52 Å². The predicted molar refractivity (Wildman–Crippen MR) is 98.0 cm³/mol. The Hall–Kier alpha value is -2.90. The molecule has 8 nitrogen and oxygen atoms in total. The summed E-state index contributed by atoms with van der Waals surface area (Å²) >= 11 is 0. The molecule has 144 valence electrons. The number of carbonyl (C=O) groups excluding carboxylic acids is 3. The van der Waals surface area contributed by atoms with E-state index < -0.39 is 5.97 Å². The van der Waals surface area contributed by atoms with Crippen molar-refractivity contribution in [3.8, 4) is 0 Å². The van der Waals surface area contributed by atoms with Crippen LogP contribution >= 0.6 is 0 Å². The summed E-state index contributed by atoms with van der Waals surface area (Å²) in [7, 11) is 0. The molecule has 2 aromatic heterocycles. The summed E-state index contributed by atoms with van der Waals surface area (Å²) < 4.78 is 6.34. The number of ether oxygens (including phenoxy) is 1. The largest absolute Gasteiger partial charge is 0.456 e. The molecule has 8 heteroatoms. The van der Waals surface area contributed by atoms with E-state index in [1.165, 1.54) is 6.92 Å². The highest BCUT2D eigenvalue weighted by atomic mass is 16.5. The van der Waals surface area contributed by atoms with Gasteiger partial charge in [-0.3, -0.25) is 14.4 Å². The lowest BCUT2D eigenvalue weighted by atomic mass is 9.58. The smallest absolute Gasteiger partial charge is 0.303 e. The van der Waals surface area contributed by atoms with Crippen LogP contribution in [0.25, 0.3) is 5.52 Å². The zero-order valence-electron chi connectivity index (χ0n) is 15.7. The van der Waals surface area contributed by atoms with E-state index in [2.05, 4.69) is 34.3 Å². The second kappa shape index (κ2) is 7.38. The van der Waals surface area contributed by atoms with Gasteiger partial charge in [0, 0.05) is 25.7 Å². The lowest BCUT2D eigenvalue weighted by Crippen LogP contribution is -2.60. The van der Waals surface area contributed by atoms with Gasteiger partial charge in [-0.05, 0) is 36.0 Å². The van der Waals surface area contributed by atoms with Crippen molar-refractivity contribution < 1.29 is 19.1 Å². The van der Waals surface area contributed by atoms with E-state index in [1.54, 1.807) is 29.0 Å². The molecule has 2 heterocycles. The van der Waals surface area contributed by atoms with Crippen molar-refractivity contribution in [3.63, 3.8) is 0 Å². The third-order valence-corrected chi connectivity index (χ3v) is 5.41. The molecule has 2 N–H and O–H groups in total. The van der Waals surface area contributed by atoms with E-state index in [4.69, 9.17) is 0 Å². The molecule has 3 rings (SSSR count). The van der Waals surface area contributed by atoms with Crippen LogP contribution in [-0.2, 0) is 14.3 Å². The summed E-state index contributed by atoms with van der Waals surface area (Å²) in [6.07, 6.45) is 4.23. The van der Waals surface area contributed by atoms with Gasteiger partial charge < -0.3 is 15.4 Å². The molecule has 0 spiro atoms. The maximum absolute atomic E-state index is 12.7. The highest BCUT2D eigenvalue weighted by Gasteiger charge is 2.48. The summed E-state index contributed by atoms with van der Waals surface area (Å²) in [5.41, 5.74) is 1.20. The molecule has 2 unspecified atom stereocenters. The average molecular weight is 372 g/mol. The predicted octanol–water partition coefficient (Wildman–Crippen LogP) is 1.16. The van der Waals surface area contributed by atoms with Crippen molar-refractivity contribution in [2.45, 2.75) is 33.2 Å². The molecule has 1 saturated carbocycles. The van der Waals surface area contributed by atoms with Crippen molar-refractivity contribution in [1.29, 1.82) is 0 Å². The first kappa shape index (κ1) is 18.9. The molecule has 0 bridgehead atoms. The van der Waals surface area contributed by atoms with Gasteiger partial charge in [0.25, 0.3) is 11.8 Å². The quantitative estimate of drug-likeness (QED) is 0.741. The molecule has 0 radical (unpaired) electrons. The topological polar surface area (TPSA) is 102 Å². The Kier molecular flexibility index (Phi) is 5.16. The fraction of sp³-hybridized carbons (Fsp3) is 0.474. The van der Waals surface area contributed by atoms with Crippen LogP contribution in [-0.4, -0.2) is 46.6 Å². The van der Waals surface area contributed by atoms with Crippen LogP contribution in [0.1, 0.15) is 37.6 Å². The van der Waals surface area contributed by atoms with Crippen LogP contribution in [0, 0.1) is 11.3 Å². The molecule has 27 heavy (non-hydrogen) atoms. The molecule has 1 aliphatic rings. The van der Waals surface area contributed by atoms with Crippen molar-refractivity contribution >= 4 is 23.3 Å². The van der Waals surface area contributed by atoms with Crippen molar-refractivity contribution in [2.24, 2.45) is 11.3 Å². The van der Waals surface area contributed by atoms with Crippen LogP contribution in [0.2, 0.25) is 0 Å². The molecule has 0 aromatic carbocycles. The first-order valence-electron chi connectivity index (χ1n) is 8.92. The number of nitrogens with one attached hydrogen (secondary N) is 2. The number of pyridine rings is 1. The van der Waals surface area contributed by atoms with Crippen LogP contribution < -0.4 is 10.6 Å². The Labute approximate surface area is 157 Å². The summed E-state index contributed by atoms with van der Waals surface area (Å²) in [4.78, 5) is 35.1. The van der Waals surface area contributed by atoms with Gasteiger partial charge in [0.1, 0.15) is 0 Å². The van der Waals surface area contributed by atoms with Crippen LogP contribution in [0.15, 0.2) is 30.6 Å². The lowest BCUT2D eigenvalue weighted by molar-refractivity contribution is -0.146. The van der Waals surface area contributed by atoms with Crippen LogP contribution in [0.5, 0.6) is 0 Å². The normalized spacial score (nSPS) is 20.6. The molecule has 2 aromatic rings. The Morgan fingerprint density at radius 3 is 2.81 bits per heavy atom. The second-order valence-corrected chi connectivity index (χ2v) is 7.45. The Bertz CT molecular complexity index is 873. The summed E-state index contributed by atoms with van der Waals surface area (Å²) in [5, 5.41) is 10.0. The molecular formula is C19H24N4O4. The zero-order valence-corrected chi connectivity index (χ0v) is 15.7. The number of fused-ring (bicyclic) bond motifs is 1. The Morgan fingerprint density at radius 1 is 1.33 bits per heavy atom. The number of rotatable bonds is 6. The van der Waals surface area contributed by atoms with Crippen molar-refractivity contribution in [3.05, 3.63) is 36.2 Å². The third-order valence-electron chi connectivity index (χ3n) is 5.41. The van der Waals surface area contributed by atoms with Crippen LogP contribution in [0.4, 0.5) is 0 Å². The van der Waals surface area contributed by atoms with Gasteiger partial charge >= 0.3 is 5.97 Å². The monoisotopic (exact) mass is 372 g/mol. The molecule has 1 aliphatic carbocycles. The highest BCUT2D eigenvalue weighted by Crippen LogP contribution is 2.45. The number of amides is 2. The minimum absolute atomic E-state index is 0.0172. The SMILES string of the molecule is CC(=O)OCC(=O)NCC1CC(NC(=O)c2cccn3nccc23)C1(C)C. The van der Waals surface area contributed by atoms with E-state index in [-0.39, 0.29) is 35.8 Å². The van der Waals surface area contributed by atoms with E-state index in [9.17, 15) is 14.4 Å². The first-order chi connectivity index (χ1) is 12.8. The minimum Gasteiger partial charge on any atom is -0.456 e. The maximum atomic E-state index is 12.7. The third kappa shape index (κ3) is 3.94. The first-order valence-corrected chi connectivity index (χ1v) is 8.92. The second-order valence-electron chi connectivity index (χ2n) is 7.45. The van der Waals surface area contributed by atoms with Gasteiger partial charge in [-0.2, -0.15) is 5.10 Å². The van der Waals surface area contributed by atoms with E-state index in [1.807, 2.05) is 6.07 Å². The fourth-order valence-electron chi connectivity index (χ4n) is 3.44. The number of hydrogen-bond donors (Lipinski definition) is 2. The molecule has 0 saturated heterocycles. The van der Waals surface area contributed by atoms with Crippen molar-refractivity contribution in [2.75, 3.05) is 13.2 Å². The van der Waals surface area contributed by atoms with E-state index in [0.29, 0.717) is 12.1 Å². The number of nitrogens with zero attached hydrogens (tertiary/aromatic N) is 2. The van der Waals surface area contributed by atoms with Gasteiger partial charge in [0.05, 0.1) is 17.3 Å². The van der Waals surface area contributed by atoms with Crippen molar-refractivity contribution in [1.82, 2.24) is 20.2 Å². The number of esters is 1. The summed E-state index contributed by atoms with van der Waals surface area (Å²) in [5.74, 6) is -0.697. The molecular weight excluding hydrogens is 348 g/mol. The molecule has 2 amide bonds. The standard InChI is InChI=1S/C19H24N4O4/c1-12(24)27-11-17(25)20-10-13-9-16(19(13,2)3)22-18(26)14-5-4-8-23-15(14)6-7-21-23/h4-8,13,16H,9-11H2,1-3H3,(H,20,25)(H,22,26). The molecule has 1 fully saturated rings. The Morgan fingerprint density at radius 2 is 2.11 bits per heavy atom. The van der Waals surface area contributed by atoms with Gasteiger partial charge in [-0.15, -0.1) is 0 Å². The summed E-state index contributed by atoms with van der Waals surface area (Å²) in [6, 6.07) is 5.40. The average Bonchev–Trinajstić information content (AvgIpc) is 3.10. The zero-order chi connectivity index (χ0) is 19.6. The fourth-order valence-corrected chi connectivity index (χ4v) is 3.44. The van der Waals surface area contributed by atoms with Gasteiger partial charge in [-0.1, -0.05) is 13.8 Å². The van der Waals surface area contributed by atoms with Crippen LogP contribution in [0.3, 0.4) is 0 Å². The maximum Gasteiger partial charge on any atom is 0.303 e. The molecule has 0 aliphatic heterocycles. The number of hydrogen-bond acceptors (Lipinski definition) is 5. The van der Waals surface area contributed by atoms with E-state index in [0.717, 1.165) is 11.9 Å².